The van der Waals surface area contributed by atoms with Gasteiger partial charge in [0.05, 0.1) is 0 Å². The Morgan fingerprint density at radius 2 is 2.10 bits per heavy atom. The van der Waals surface area contributed by atoms with Crippen molar-refractivity contribution in [3.8, 4) is 0 Å². The van der Waals surface area contributed by atoms with Crippen LogP contribution in [0, 0.1) is 5.92 Å². The molecular formula is C13H20N4O3. The van der Waals surface area contributed by atoms with Crippen LogP contribution in [0.15, 0.2) is 12.7 Å². The second-order valence-corrected chi connectivity index (χ2v) is 5.61. The van der Waals surface area contributed by atoms with E-state index in [0.29, 0.717) is 18.8 Å². The molecule has 1 unspecified atom stereocenters. The molecule has 0 saturated heterocycles. The lowest BCUT2D eigenvalue weighted by Gasteiger charge is -2.37. The lowest BCUT2D eigenvalue weighted by Crippen LogP contribution is -2.57. The number of amides is 1. The highest BCUT2D eigenvalue weighted by molar-refractivity contribution is 5.88. The molecule has 1 atom stereocenters. The zero-order valence-electron chi connectivity index (χ0n) is 11.7. The van der Waals surface area contributed by atoms with Crippen molar-refractivity contribution in [1.29, 1.82) is 0 Å². The molecule has 0 radical (unpaired) electrons. The Labute approximate surface area is 117 Å². The van der Waals surface area contributed by atoms with E-state index in [1.54, 1.807) is 6.92 Å². The van der Waals surface area contributed by atoms with Crippen molar-refractivity contribution < 1.29 is 14.7 Å². The van der Waals surface area contributed by atoms with Crippen LogP contribution in [0.4, 0.5) is 0 Å². The SMILES string of the molecule is CC1CCC(NC(=O)C(C)n2cncn2)(C(=O)O)CC1. The van der Waals surface area contributed by atoms with Crippen molar-refractivity contribution in [3.05, 3.63) is 12.7 Å². The van der Waals surface area contributed by atoms with Crippen LogP contribution < -0.4 is 5.32 Å². The molecule has 110 valence electrons. The number of aliphatic carboxylic acids is 1. The molecule has 0 spiro atoms. The van der Waals surface area contributed by atoms with E-state index in [9.17, 15) is 14.7 Å². The summed E-state index contributed by atoms with van der Waals surface area (Å²) in [6, 6.07) is -0.576. The third-order valence-electron chi connectivity index (χ3n) is 4.11. The predicted octanol–water partition coefficient (Wildman–Crippen LogP) is 0.989. The van der Waals surface area contributed by atoms with Gasteiger partial charge in [0, 0.05) is 0 Å². The van der Waals surface area contributed by atoms with Crippen molar-refractivity contribution in [2.75, 3.05) is 0 Å². The van der Waals surface area contributed by atoms with E-state index in [1.807, 2.05) is 0 Å². The number of hydrogen-bond acceptors (Lipinski definition) is 4. The van der Waals surface area contributed by atoms with Crippen LogP contribution in [0.5, 0.6) is 0 Å². The standard InChI is InChI=1S/C13H20N4O3/c1-9-3-5-13(6-4-9,12(19)20)16-11(18)10(2)17-8-14-7-15-17/h7-10H,3-6H2,1-2H3,(H,16,18)(H,19,20). The van der Waals surface area contributed by atoms with Gasteiger partial charge in [-0.15, -0.1) is 0 Å². The van der Waals surface area contributed by atoms with E-state index in [-0.39, 0.29) is 5.91 Å². The number of hydrogen-bond donors (Lipinski definition) is 2. The first-order valence-corrected chi connectivity index (χ1v) is 6.84. The fourth-order valence-corrected chi connectivity index (χ4v) is 2.53. The average molecular weight is 280 g/mol. The Balaban J connectivity index is 2.09. The van der Waals surface area contributed by atoms with Crippen LogP contribution in [0.1, 0.15) is 45.6 Å². The lowest BCUT2D eigenvalue weighted by atomic mass is 9.77. The second-order valence-electron chi connectivity index (χ2n) is 5.61. The van der Waals surface area contributed by atoms with Gasteiger partial charge >= 0.3 is 5.97 Å². The zero-order chi connectivity index (χ0) is 14.8. The summed E-state index contributed by atoms with van der Waals surface area (Å²) in [5.74, 6) is -0.789. The average Bonchev–Trinajstić information content (AvgIpc) is 2.94. The Morgan fingerprint density at radius 1 is 1.45 bits per heavy atom. The van der Waals surface area contributed by atoms with Gasteiger partial charge in [0.15, 0.2) is 0 Å². The van der Waals surface area contributed by atoms with Gasteiger partial charge < -0.3 is 10.4 Å². The third-order valence-corrected chi connectivity index (χ3v) is 4.11. The molecule has 1 aromatic heterocycles. The minimum atomic E-state index is -1.14. The Morgan fingerprint density at radius 3 is 2.60 bits per heavy atom. The summed E-state index contributed by atoms with van der Waals surface area (Å²) in [6.45, 7) is 3.77. The number of carbonyl (C=O) groups is 2. The number of aromatic nitrogens is 3. The highest BCUT2D eigenvalue weighted by Gasteiger charge is 2.43. The molecule has 0 aromatic carbocycles. The van der Waals surface area contributed by atoms with Crippen LogP contribution in [0.3, 0.4) is 0 Å². The van der Waals surface area contributed by atoms with Crippen molar-refractivity contribution >= 4 is 11.9 Å². The first kappa shape index (κ1) is 14.5. The number of nitrogens with one attached hydrogen (secondary N) is 1. The van der Waals surface area contributed by atoms with Crippen LogP contribution >= 0.6 is 0 Å². The van der Waals surface area contributed by atoms with E-state index >= 15 is 0 Å². The van der Waals surface area contributed by atoms with E-state index in [4.69, 9.17) is 0 Å². The molecule has 7 heteroatoms. The molecule has 1 aromatic rings. The maximum absolute atomic E-state index is 12.2. The first-order valence-electron chi connectivity index (χ1n) is 6.84. The molecule has 1 saturated carbocycles. The summed E-state index contributed by atoms with van der Waals surface area (Å²) in [6.07, 6.45) is 5.35. The zero-order valence-corrected chi connectivity index (χ0v) is 11.7. The van der Waals surface area contributed by atoms with Crippen LogP contribution in [-0.4, -0.2) is 37.3 Å². The number of carboxylic acid groups (broad SMARTS) is 1. The molecule has 1 heterocycles. The topological polar surface area (TPSA) is 97.1 Å². The largest absolute Gasteiger partial charge is 0.480 e. The monoisotopic (exact) mass is 280 g/mol. The normalized spacial score (nSPS) is 27.8. The van der Waals surface area contributed by atoms with E-state index < -0.39 is 17.6 Å². The maximum Gasteiger partial charge on any atom is 0.329 e. The molecule has 20 heavy (non-hydrogen) atoms. The molecule has 1 aliphatic carbocycles. The summed E-state index contributed by atoms with van der Waals surface area (Å²) >= 11 is 0. The summed E-state index contributed by atoms with van der Waals surface area (Å²) in [5, 5.41) is 16.1. The molecule has 0 bridgehead atoms. The van der Waals surface area contributed by atoms with Crippen molar-refractivity contribution in [2.24, 2.45) is 5.92 Å². The van der Waals surface area contributed by atoms with Crippen molar-refractivity contribution in [3.63, 3.8) is 0 Å². The van der Waals surface area contributed by atoms with Gasteiger partial charge in [-0.2, -0.15) is 5.10 Å². The molecule has 1 aliphatic rings. The number of nitrogens with zero attached hydrogens (tertiary/aromatic N) is 3. The molecule has 7 nitrogen and oxygen atoms in total. The van der Waals surface area contributed by atoms with E-state index in [0.717, 1.165) is 12.8 Å². The maximum atomic E-state index is 12.2. The predicted molar refractivity (Wildman–Crippen MR) is 70.9 cm³/mol. The molecular weight excluding hydrogens is 260 g/mol. The third kappa shape index (κ3) is 2.81. The number of rotatable bonds is 4. The Kier molecular flexibility index (Phi) is 4.06. The van der Waals surface area contributed by atoms with Gasteiger partial charge in [-0.1, -0.05) is 6.92 Å². The van der Waals surface area contributed by atoms with Gasteiger partial charge in [0.25, 0.3) is 0 Å². The highest BCUT2D eigenvalue weighted by Crippen LogP contribution is 2.32. The second kappa shape index (κ2) is 5.60. The number of carboxylic acids is 1. The van der Waals surface area contributed by atoms with Crippen molar-refractivity contribution in [1.82, 2.24) is 20.1 Å². The van der Waals surface area contributed by atoms with Crippen molar-refractivity contribution in [2.45, 2.75) is 51.1 Å². The Bertz CT molecular complexity index is 478. The smallest absolute Gasteiger partial charge is 0.329 e. The molecule has 0 aliphatic heterocycles. The van der Waals surface area contributed by atoms with Gasteiger partial charge in [-0.25, -0.2) is 14.5 Å². The number of carbonyl (C=O) groups excluding carboxylic acids is 1. The lowest BCUT2D eigenvalue weighted by molar-refractivity contribution is -0.150. The fraction of sp³-hybridized carbons (Fsp3) is 0.692. The van der Waals surface area contributed by atoms with Crippen LogP contribution in [0.25, 0.3) is 0 Å². The van der Waals surface area contributed by atoms with E-state index in [1.165, 1.54) is 17.3 Å². The highest BCUT2D eigenvalue weighted by atomic mass is 16.4. The summed E-state index contributed by atoms with van der Waals surface area (Å²) < 4.78 is 1.41. The van der Waals surface area contributed by atoms with Gasteiger partial charge in [-0.05, 0) is 38.5 Å². The molecule has 1 fully saturated rings. The summed E-state index contributed by atoms with van der Waals surface area (Å²) in [4.78, 5) is 27.6. The molecule has 2 rings (SSSR count). The Hall–Kier alpha value is -1.92. The van der Waals surface area contributed by atoms with Crippen LogP contribution in [-0.2, 0) is 9.59 Å². The quantitative estimate of drug-likeness (QED) is 0.857. The minimum Gasteiger partial charge on any atom is -0.480 e. The summed E-state index contributed by atoms with van der Waals surface area (Å²) in [7, 11) is 0. The molecule has 1 amide bonds. The van der Waals surface area contributed by atoms with Gasteiger partial charge in [-0.3, -0.25) is 4.79 Å². The summed E-state index contributed by atoms with van der Waals surface area (Å²) in [5.41, 5.74) is -1.14. The van der Waals surface area contributed by atoms with Gasteiger partial charge in [0.2, 0.25) is 5.91 Å². The van der Waals surface area contributed by atoms with Gasteiger partial charge in [0.1, 0.15) is 24.2 Å². The first-order chi connectivity index (χ1) is 9.44. The molecule has 2 N–H and O–H groups in total. The van der Waals surface area contributed by atoms with E-state index in [2.05, 4.69) is 22.3 Å². The minimum absolute atomic E-state index is 0.340. The van der Waals surface area contributed by atoms with Crippen LogP contribution in [0.2, 0.25) is 0 Å². The fourth-order valence-electron chi connectivity index (χ4n) is 2.53.